The number of ether oxygens (including phenoxy) is 1. The normalized spacial score (nSPS) is 10.3. The third-order valence-electron chi connectivity index (χ3n) is 2.30. The molecule has 0 radical (unpaired) electrons. The van der Waals surface area contributed by atoms with E-state index in [1.54, 1.807) is 24.4 Å². The molecule has 88 valence electrons. The fraction of sp³-hybridized carbons (Fsp3) is 0.154. The first-order chi connectivity index (χ1) is 8.19. The third kappa shape index (κ3) is 2.96. The molecule has 0 aliphatic carbocycles. The van der Waals surface area contributed by atoms with Gasteiger partial charge in [-0.05, 0) is 37.3 Å². The summed E-state index contributed by atoms with van der Waals surface area (Å²) in [6, 6.07) is 8.83. The largest absolute Gasteiger partial charge is 0.455 e. The Labute approximate surface area is 105 Å². The molecule has 0 saturated heterocycles. The van der Waals surface area contributed by atoms with Gasteiger partial charge in [0.1, 0.15) is 11.5 Å². The summed E-state index contributed by atoms with van der Waals surface area (Å²) in [6.45, 7) is 1.79. The number of pyridine rings is 1. The van der Waals surface area contributed by atoms with Gasteiger partial charge >= 0.3 is 0 Å². The Bertz CT molecular complexity index is 511. The number of aryl methyl sites for hydroxylation is 1. The molecule has 0 fully saturated rings. The second kappa shape index (κ2) is 5.17. The van der Waals surface area contributed by atoms with E-state index in [4.69, 9.17) is 16.3 Å². The molecule has 0 aliphatic rings. The number of aliphatic hydroxyl groups is 1. The van der Waals surface area contributed by atoms with Crippen molar-refractivity contribution in [3.63, 3.8) is 0 Å². The summed E-state index contributed by atoms with van der Waals surface area (Å²) in [5.74, 6) is 1.22. The van der Waals surface area contributed by atoms with Crippen LogP contribution in [0.5, 0.6) is 11.5 Å². The molecule has 0 aliphatic heterocycles. The van der Waals surface area contributed by atoms with Crippen molar-refractivity contribution >= 4 is 11.6 Å². The van der Waals surface area contributed by atoms with Gasteiger partial charge in [-0.3, -0.25) is 4.98 Å². The number of aromatic nitrogens is 1. The molecule has 0 saturated carbocycles. The van der Waals surface area contributed by atoms with E-state index in [0.29, 0.717) is 22.1 Å². The van der Waals surface area contributed by atoms with Crippen molar-refractivity contribution in [2.45, 2.75) is 13.5 Å². The SMILES string of the molecule is Cc1ccc(Oc2ccc(Cl)cc2CO)cn1. The van der Waals surface area contributed by atoms with Crippen molar-refractivity contribution in [3.8, 4) is 11.5 Å². The predicted molar refractivity (Wildman–Crippen MR) is 66.4 cm³/mol. The van der Waals surface area contributed by atoms with Crippen LogP contribution < -0.4 is 4.74 Å². The van der Waals surface area contributed by atoms with Gasteiger partial charge in [-0.25, -0.2) is 0 Å². The van der Waals surface area contributed by atoms with Crippen molar-refractivity contribution in [1.29, 1.82) is 0 Å². The smallest absolute Gasteiger partial charge is 0.145 e. The fourth-order valence-corrected chi connectivity index (χ4v) is 1.61. The van der Waals surface area contributed by atoms with E-state index in [9.17, 15) is 5.11 Å². The highest BCUT2D eigenvalue weighted by molar-refractivity contribution is 6.30. The van der Waals surface area contributed by atoms with Crippen LogP contribution in [0, 0.1) is 6.92 Å². The topological polar surface area (TPSA) is 42.4 Å². The monoisotopic (exact) mass is 249 g/mol. The van der Waals surface area contributed by atoms with Gasteiger partial charge in [-0.15, -0.1) is 0 Å². The molecule has 1 aromatic heterocycles. The minimum atomic E-state index is -0.116. The zero-order valence-corrected chi connectivity index (χ0v) is 10.1. The minimum absolute atomic E-state index is 0.116. The quantitative estimate of drug-likeness (QED) is 0.907. The maximum Gasteiger partial charge on any atom is 0.145 e. The molecule has 4 heteroatoms. The number of nitrogens with zero attached hydrogens (tertiary/aromatic N) is 1. The average Bonchev–Trinajstić information content (AvgIpc) is 2.34. The first-order valence-electron chi connectivity index (χ1n) is 5.19. The Kier molecular flexibility index (Phi) is 3.61. The lowest BCUT2D eigenvalue weighted by molar-refractivity contribution is 0.276. The number of rotatable bonds is 3. The van der Waals surface area contributed by atoms with Gasteiger partial charge in [0.15, 0.2) is 0 Å². The highest BCUT2D eigenvalue weighted by Crippen LogP contribution is 2.27. The van der Waals surface area contributed by atoms with Crippen LogP contribution in [0.2, 0.25) is 5.02 Å². The van der Waals surface area contributed by atoms with Gasteiger partial charge in [0.25, 0.3) is 0 Å². The van der Waals surface area contributed by atoms with Crippen LogP contribution in [0.1, 0.15) is 11.3 Å². The van der Waals surface area contributed by atoms with Crippen LogP contribution in [0.3, 0.4) is 0 Å². The molecule has 2 aromatic rings. The van der Waals surface area contributed by atoms with Crippen LogP contribution in [0.25, 0.3) is 0 Å². The van der Waals surface area contributed by atoms with Gasteiger partial charge in [-0.2, -0.15) is 0 Å². The Morgan fingerprint density at radius 3 is 2.76 bits per heavy atom. The molecule has 0 atom stereocenters. The van der Waals surface area contributed by atoms with E-state index in [-0.39, 0.29) is 6.61 Å². The van der Waals surface area contributed by atoms with Crippen LogP contribution in [-0.4, -0.2) is 10.1 Å². The lowest BCUT2D eigenvalue weighted by atomic mass is 10.2. The maximum atomic E-state index is 9.21. The van der Waals surface area contributed by atoms with Gasteiger partial charge in [0, 0.05) is 16.3 Å². The van der Waals surface area contributed by atoms with Crippen molar-refractivity contribution in [2.24, 2.45) is 0 Å². The Hall–Kier alpha value is -1.58. The van der Waals surface area contributed by atoms with Gasteiger partial charge in [0.05, 0.1) is 12.8 Å². The van der Waals surface area contributed by atoms with E-state index in [0.717, 1.165) is 5.69 Å². The summed E-state index contributed by atoms with van der Waals surface area (Å²) >= 11 is 5.84. The second-order valence-corrected chi connectivity index (χ2v) is 4.08. The molecule has 0 unspecified atom stereocenters. The molecule has 2 rings (SSSR count). The maximum absolute atomic E-state index is 9.21. The Morgan fingerprint density at radius 2 is 2.12 bits per heavy atom. The molecule has 0 spiro atoms. The van der Waals surface area contributed by atoms with Crippen molar-refractivity contribution in [3.05, 3.63) is 52.8 Å². The number of halogens is 1. The molecular formula is C13H12ClNO2. The predicted octanol–water partition coefficient (Wildman–Crippen LogP) is 3.33. The summed E-state index contributed by atoms with van der Waals surface area (Å²) in [6.07, 6.45) is 1.64. The van der Waals surface area contributed by atoms with Crippen LogP contribution in [-0.2, 0) is 6.61 Å². The summed E-state index contributed by atoms with van der Waals surface area (Å²) in [5, 5.41) is 9.78. The molecule has 1 heterocycles. The zero-order valence-electron chi connectivity index (χ0n) is 9.35. The van der Waals surface area contributed by atoms with E-state index in [2.05, 4.69) is 4.98 Å². The van der Waals surface area contributed by atoms with E-state index >= 15 is 0 Å². The molecule has 1 N–H and O–H groups in total. The number of hydrogen-bond acceptors (Lipinski definition) is 3. The Morgan fingerprint density at radius 1 is 1.29 bits per heavy atom. The third-order valence-corrected chi connectivity index (χ3v) is 2.54. The molecule has 1 aromatic carbocycles. The first kappa shape index (κ1) is 11.9. The molecule has 3 nitrogen and oxygen atoms in total. The lowest BCUT2D eigenvalue weighted by Crippen LogP contribution is -1.92. The summed E-state index contributed by atoms with van der Waals surface area (Å²) < 4.78 is 5.63. The number of benzene rings is 1. The highest BCUT2D eigenvalue weighted by atomic mass is 35.5. The standard InChI is InChI=1S/C13H12ClNO2/c1-9-2-4-12(7-15-9)17-13-5-3-11(14)6-10(13)8-16/h2-7,16H,8H2,1H3. The summed E-state index contributed by atoms with van der Waals surface area (Å²) in [7, 11) is 0. The minimum Gasteiger partial charge on any atom is -0.455 e. The van der Waals surface area contributed by atoms with Gasteiger partial charge < -0.3 is 9.84 Å². The van der Waals surface area contributed by atoms with E-state index in [1.807, 2.05) is 19.1 Å². The number of hydrogen-bond donors (Lipinski definition) is 1. The first-order valence-corrected chi connectivity index (χ1v) is 5.56. The lowest BCUT2D eigenvalue weighted by Gasteiger charge is -2.09. The summed E-state index contributed by atoms with van der Waals surface area (Å²) in [5.41, 5.74) is 1.58. The van der Waals surface area contributed by atoms with Crippen molar-refractivity contribution < 1.29 is 9.84 Å². The highest BCUT2D eigenvalue weighted by Gasteiger charge is 2.05. The fourth-order valence-electron chi connectivity index (χ4n) is 1.41. The van der Waals surface area contributed by atoms with E-state index < -0.39 is 0 Å². The molecule has 0 amide bonds. The Balaban J connectivity index is 2.26. The average molecular weight is 250 g/mol. The van der Waals surface area contributed by atoms with Crippen LogP contribution in [0.15, 0.2) is 36.5 Å². The van der Waals surface area contributed by atoms with Gasteiger partial charge in [-0.1, -0.05) is 11.6 Å². The molecule has 17 heavy (non-hydrogen) atoms. The van der Waals surface area contributed by atoms with Crippen LogP contribution in [0.4, 0.5) is 0 Å². The number of aliphatic hydroxyl groups excluding tert-OH is 1. The van der Waals surface area contributed by atoms with E-state index in [1.165, 1.54) is 0 Å². The van der Waals surface area contributed by atoms with Crippen molar-refractivity contribution in [2.75, 3.05) is 0 Å². The second-order valence-electron chi connectivity index (χ2n) is 3.65. The van der Waals surface area contributed by atoms with Gasteiger partial charge in [0.2, 0.25) is 0 Å². The van der Waals surface area contributed by atoms with Crippen LogP contribution >= 0.6 is 11.6 Å². The summed E-state index contributed by atoms with van der Waals surface area (Å²) in [4.78, 5) is 4.13. The molecule has 0 bridgehead atoms. The zero-order chi connectivity index (χ0) is 12.3. The molecular weight excluding hydrogens is 238 g/mol. The van der Waals surface area contributed by atoms with Crippen molar-refractivity contribution in [1.82, 2.24) is 4.98 Å².